The van der Waals surface area contributed by atoms with E-state index in [0.717, 1.165) is 23.7 Å². The van der Waals surface area contributed by atoms with Crippen molar-refractivity contribution in [1.29, 1.82) is 0 Å². The standard InChI is InChI=1S/C14H21ClN2/c1-10-4-5-13(8-14(10)15)17-7-6-11(2)16-9-12(17)3/h4-5,8,11-12,16H,6-7,9H2,1-3H3. The molecule has 0 amide bonds. The van der Waals surface area contributed by atoms with Crippen LogP contribution >= 0.6 is 11.6 Å². The Morgan fingerprint density at radius 2 is 2.12 bits per heavy atom. The summed E-state index contributed by atoms with van der Waals surface area (Å²) in [5.41, 5.74) is 2.38. The first-order valence-electron chi connectivity index (χ1n) is 6.34. The maximum absolute atomic E-state index is 6.21. The van der Waals surface area contributed by atoms with Crippen molar-refractivity contribution in [2.24, 2.45) is 0 Å². The summed E-state index contributed by atoms with van der Waals surface area (Å²) in [7, 11) is 0. The number of aryl methyl sites for hydroxylation is 1. The van der Waals surface area contributed by atoms with E-state index in [1.54, 1.807) is 0 Å². The molecule has 2 rings (SSSR count). The van der Waals surface area contributed by atoms with E-state index >= 15 is 0 Å². The number of hydrogen-bond donors (Lipinski definition) is 1. The second-order valence-corrected chi connectivity index (χ2v) is 5.48. The molecule has 0 bridgehead atoms. The van der Waals surface area contributed by atoms with Gasteiger partial charge in [0.25, 0.3) is 0 Å². The van der Waals surface area contributed by atoms with Crippen molar-refractivity contribution in [3.05, 3.63) is 28.8 Å². The molecule has 0 aliphatic carbocycles. The van der Waals surface area contributed by atoms with Gasteiger partial charge in [0.2, 0.25) is 0 Å². The lowest BCUT2D eigenvalue weighted by molar-refractivity contribution is 0.548. The fourth-order valence-electron chi connectivity index (χ4n) is 2.28. The third-order valence-electron chi connectivity index (χ3n) is 3.58. The SMILES string of the molecule is Cc1ccc(N2CCC(C)NCC2C)cc1Cl. The number of nitrogens with zero attached hydrogens (tertiary/aromatic N) is 1. The van der Waals surface area contributed by atoms with E-state index in [0.29, 0.717) is 12.1 Å². The summed E-state index contributed by atoms with van der Waals surface area (Å²) in [6, 6.07) is 7.48. The minimum atomic E-state index is 0.513. The van der Waals surface area contributed by atoms with Crippen molar-refractivity contribution < 1.29 is 0 Å². The van der Waals surface area contributed by atoms with E-state index in [1.807, 2.05) is 6.92 Å². The zero-order valence-corrected chi connectivity index (χ0v) is 11.6. The Balaban J connectivity index is 2.22. The van der Waals surface area contributed by atoms with Gasteiger partial charge in [-0.25, -0.2) is 0 Å². The first kappa shape index (κ1) is 12.7. The molecular formula is C14H21ClN2. The van der Waals surface area contributed by atoms with Crippen LogP contribution in [0.3, 0.4) is 0 Å². The van der Waals surface area contributed by atoms with E-state index in [-0.39, 0.29) is 0 Å². The molecule has 1 heterocycles. The second kappa shape index (κ2) is 5.28. The Hall–Kier alpha value is -0.730. The molecule has 1 aromatic rings. The van der Waals surface area contributed by atoms with Gasteiger partial charge in [-0.05, 0) is 44.9 Å². The van der Waals surface area contributed by atoms with Crippen LogP contribution in [-0.2, 0) is 0 Å². The molecule has 94 valence electrons. The van der Waals surface area contributed by atoms with Crippen molar-refractivity contribution in [3.8, 4) is 0 Å². The fraction of sp³-hybridized carbons (Fsp3) is 0.571. The van der Waals surface area contributed by atoms with Crippen molar-refractivity contribution in [2.45, 2.75) is 39.3 Å². The molecule has 0 aromatic heterocycles. The average Bonchev–Trinajstić information content (AvgIpc) is 2.46. The fourth-order valence-corrected chi connectivity index (χ4v) is 2.46. The molecule has 2 atom stereocenters. The maximum atomic E-state index is 6.21. The van der Waals surface area contributed by atoms with Gasteiger partial charge in [0.15, 0.2) is 0 Å². The Morgan fingerprint density at radius 1 is 1.35 bits per heavy atom. The van der Waals surface area contributed by atoms with Crippen LogP contribution in [0.15, 0.2) is 18.2 Å². The van der Waals surface area contributed by atoms with E-state index in [2.05, 4.69) is 42.3 Å². The lowest BCUT2D eigenvalue weighted by atomic mass is 10.1. The Labute approximate surface area is 109 Å². The van der Waals surface area contributed by atoms with Gasteiger partial charge >= 0.3 is 0 Å². The first-order valence-corrected chi connectivity index (χ1v) is 6.72. The Bertz CT molecular complexity index is 392. The highest BCUT2D eigenvalue weighted by Crippen LogP contribution is 2.25. The molecule has 0 radical (unpaired) electrons. The van der Waals surface area contributed by atoms with Gasteiger partial charge in [-0.1, -0.05) is 17.7 Å². The minimum absolute atomic E-state index is 0.513. The molecule has 1 N–H and O–H groups in total. The van der Waals surface area contributed by atoms with Crippen LogP contribution in [0.5, 0.6) is 0 Å². The number of hydrogen-bond acceptors (Lipinski definition) is 2. The van der Waals surface area contributed by atoms with Crippen LogP contribution in [0.1, 0.15) is 25.8 Å². The highest BCUT2D eigenvalue weighted by Gasteiger charge is 2.20. The van der Waals surface area contributed by atoms with Crippen LogP contribution in [-0.4, -0.2) is 25.2 Å². The van der Waals surface area contributed by atoms with E-state index in [4.69, 9.17) is 11.6 Å². The number of rotatable bonds is 1. The lowest BCUT2D eigenvalue weighted by Gasteiger charge is -2.29. The van der Waals surface area contributed by atoms with E-state index < -0.39 is 0 Å². The predicted molar refractivity (Wildman–Crippen MR) is 75.1 cm³/mol. The van der Waals surface area contributed by atoms with Crippen LogP contribution in [0.25, 0.3) is 0 Å². The van der Waals surface area contributed by atoms with Crippen LogP contribution in [0.4, 0.5) is 5.69 Å². The average molecular weight is 253 g/mol. The van der Waals surface area contributed by atoms with Gasteiger partial charge in [-0.2, -0.15) is 0 Å². The highest BCUT2D eigenvalue weighted by molar-refractivity contribution is 6.31. The smallest absolute Gasteiger partial charge is 0.0455 e. The van der Waals surface area contributed by atoms with Crippen molar-refractivity contribution in [3.63, 3.8) is 0 Å². The lowest BCUT2D eigenvalue weighted by Crippen LogP contribution is -2.37. The largest absolute Gasteiger partial charge is 0.367 e. The van der Waals surface area contributed by atoms with Crippen molar-refractivity contribution >= 4 is 17.3 Å². The summed E-state index contributed by atoms with van der Waals surface area (Å²) in [6.07, 6.45) is 1.18. The summed E-state index contributed by atoms with van der Waals surface area (Å²) in [5.74, 6) is 0. The quantitative estimate of drug-likeness (QED) is 0.826. The molecular weight excluding hydrogens is 232 g/mol. The number of benzene rings is 1. The number of anilines is 1. The molecule has 0 saturated carbocycles. The van der Waals surface area contributed by atoms with Gasteiger partial charge in [0.05, 0.1) is 0 Å². The topological polar surface area (TPSA) is 15.3 Å². The van der Waals surface area contributed by atoms with Crippen molar-refractivity contribution in [2.75, 3.05) is 18.0 Å². The normalized spacial score (nSPS) is 25.8. The van der Waals surface area contributed by atoms with Crippen molar-refractivity contribution in [1.82, 2.24) is 5.32 Å². The summed E-state index contributed by atoms with van der Waals surface area (Å²) in [4.78, 5) is 2.45. The van der Waals surface area contributed by atoms with Crippen LogP contribution in [0.2, 0.25) is 5.02 Å². The Morgan fingerprint density at radius 3 is 2.82 bits per heavy atom. The zero-order chi connectivity index (χ0) is 12.4. The zero-order valence-electron chi connectivity index (χ0n) is 10.8. The molecule has 1 saturated heterocycles. The predicted octanol–water partition coefficient (Wildman–Crippen LogP) is 3.23. The molecule has 1 aromatic carbocycles. The molecule has 1 fully saturated rings. The number of halogens is 1. The molecule has 1 aliphatic heterocycles. The molecule has 0 spiro atoms. The monoisotopic (exact) mass is 252 g/mol. The summed E-state index contributed by atoms with van der Waals surface area (Å²) < 4.78 is 0. The van der Waals surface area contributed by atoms with Gasteiger partial charge in [0, 0.05) is 35.9 Å². The molecule has 2 unspecified atom stereocenters. The van der Waals surface area contributed by atoms with E-state index in [9.17, 15) is 0 Å². The molecule has 3 heteroatoms. The highest BCUT2D eigenvalue weighted by atomic mass is 35.5. The third kappa shape index (κ3) is 2.93. The summed E-state index contributed by atoms with van der Waals surface area (Å²) in [5, 5.41) is 4.41. The maximum Gasteiger partial charge on any atom is 0.0455 e. The van der Waals surface area contributed by atoms with Crippen LogP contribution < -0.4 is 10.2 Å². The number of nitrogens with one attached hydrogen (secondary N) is 1. The molecule has 2 nitrogen and oxygen atoms in total. The van der Waals surface area contributed by atoms with Gasteiger partial charge in [-0.3, -0.25) is 0 Å². The molecule has 17 heavy (non-hydrogen) atoms. The minimum Gasteiger partial charge on any atom is -0.367 e. The van der Waals surface area contributed by atoms with Gasteiger partial charge < -0.3 is 10.2 Å². The van der Waals surface area contributed by atoms with E-state index in [1.165, 1.54) is 12.1 Å². The van der Waals surface area contributed by atoms with Gasteiger partial charge in [-0.15, -0.1) is 0 Å². The van der Waals surface area contributed by atoms with Gasteiger partial charge in [0.1, 0.15) is 0 Å². The summed E-state index contributed by atoms with van der Waals surface area (Å²) in [6.45, 7) is 8.68. The first-order chi connectivity index (χ1) is 8.08. The molecule has 1 aliphatic rings. The summed E-state index contributed by atoms with van der Waals surface area (Å²) >= 11 is 6.21. The third-order valence-corrected chi connectivity index (χ3v) is 3.99. The van der Waals surface area contributed by atoms with Crippen LogP contribution in [0, 0.1) is 6.92 Å². The second-order valence-electron chi connectivity index (χ2n) is 5.07. The Kier molecular flexibility index (Phi) is 3.95.